The zero-order valence-corrected chi connectivity index (χ0v) is 14.7. The van der Waals surface area contributed by atoms with Gasteiger partial charge in [0, 0.05) is 18.1 Å². The van der Waals surface area contributed by atoms with Gasteiger partial charge >= 0.3 is 0 Å². The van der Waals surface area contributed by atoms with E-state index in [-0.39, 0.29) is 18.4 Å². The van der Waals surface area contributed by atoms with Crippen LogP contribution in [0.1, 0.15) is 30.5 Å². The normalized spacial score (nSPS) is 17.8. The molecule has 1 aliphatic heterocycles. The lowest BCUT2D eigenvalue weighted by molar-refractivity contribution is -0.134. The second-order valence-corrected chi connectivity index (χ2v) is 6.57. The van der Waals surface area contributed by atoms with Crippen LogP contribution in [-0.4, -0.2) is 40.6 Å². The van der Waals surface area contributed by atoms with Crippen LogP contribution < -0.4 is 4.74 Å². The number of aryl methyl sites for hydroxylation is 1. The van der Waals surface area contributed by atoms with E-state index in [4.69, 9.17) is 32.5 Å². The molecule has 1 saturated heterocycles. The van der Waals surface area contributed by atoms with Crippen LogP contribution in [0.25, 0.3) is 0 Å². The number of halogens is 2. The Morgan fingerprint density at radius 1 is 1.46 bits per heavy atom. The fourth-order valence-corrected chi connectivity index (χ4v) is 3.17. The summed E-state index contributed by atoms with van der Waals surface area (Å²) < 4.78 is 10.7. The smallest absolute Gasteiger partial charge is 0.260 e. The van der Waals surface area contributed by atoms with Gasteiger partial charge in [-0.05, 0) is 38.0 Å². The third-order valence-corrected chi connectivity index (χ3v) is 4.44. The van der Waals surface area contributed by atoms with Gasteiger partial charge in [0.25, 0.3) is 5.91 Å². The summed E-state index contributed by atoms with van der Waals surface area (Å²) in [5, 5.41) is 4.72. The molecule has 0 saturated carbocycles. The zero-order valence-electron chi connectivity index (χ0n) is 13.2. The molecule has 3 rings (SSSR count). The van der Waals surface area contributed by atoms with Crippen molar-refractivity contribution in [3.63, 3.8) is 0 Å². The van der Waals surface area contributed by atoms with Gasteiger partial charge in [0.05, 0.1) is 10.9 Å². The van der Waals surface area contributed by atoms with Crippen LogP contribution in [0.4, 0.5) is 0 Å². The third-order valence-electron chi connectivity index (χ3n) is 3.91. The number of benzene rings is 1. The molecule has 2 heterocycles. The molecule has 1 atom stereocenters. The first-order valence-electron chi connectivity index (χ1n) is 7.69. The van der Waals surface area contributed by atoms with E-state index in [2.05, 4.69) is 10.1 Å². The number of carbonyl (C=O) groups is 1. The van der Waals surface area contributed by atoms with E-state index in [0.717, 1.165) is 12.8 Å². The van der Waals surface area contributed by atoms with Gasteiger partial charge in [0.2, 0.25) is 5.89 Å². The molecular weight excluding hydrogens is 353 g/mol. The first-order chi connectivity index (χ1) is 11.5. The predicted octanol–water partition coefficient (Wildman–Crippen LogP) is 3.47. The highest BCUT2D eigenvalue weighted by Gasteiger charge is 2.28. The van der Waals surface area contributed by atoms with Crippen molar-refractivity contribution < 1.29 is 14.1 Å². The molecule has 1 aromatic carbocycles. The lowest BCUT2D eigenvalue weighted by Crippen LogP contribution is -2.41. The molecule has 1 aliphatic rings. The van der Waals surface area contributed by atoms with E-state index in [1.807, 2.05) is 0 Å². The standard InChI is InChI=1S/C16H17Cl2N3O3/c1-10-19-16(24-20-10)11-3-2-6-21(8-11)15(22)9-23-14-5-4-12(17)7-13(14)18/h4-5,7,11H,2-3,6,8-9H2,1H3/t11-/m0/s1. The van der Waals surface area contributed by atoms with Crippen LogP contribution in [-0.2, 0) is 4.79 Å². The summed E-state index contributed by atoms with van der Waals surface area (Å²) in [6, 6.07) is 4.90. The summed E-state index contributed by atoms with van der Waals surface area (Å²) in [5.74, 6) is 1.61. The first-order valence-corrected chi connectivity index (χ1v) is 8.44. The molecule has 1 amide bonds. The molecule has 0 spiro atoms. The van der Waals surface area contributed by atoms with E-state index < -0.39 is 0 Å². The van der Waals surface area contributed by atoms with Crippen LogP contribution in [0, 0.1) is 6.92 Å². The molecular formula is C16H17Cl2N3O3. The first kappa shape index (κ1) is 17.0. The van der Waals surface area contributed by atoms with Crippen LogP contribution in [0.3, 0.4) is 0 Å². The van der Waals surface area contributed by atoms with Gasteiger partial charge in [-0.3, -0.25) is 4.79 Å². The molecule has 0 aliphatic carbocycles. The fourth-order valence-electron chi connectivity index (χ4n) is 2.71. The van der Waals surface area contributed by atoms with Gasteiger partial charge in [-0.1, -0.05) is 28.4 Å². The van der Waals surface area contributed by atoms with E-state index in [0.29, 0.717) is 40.6 Å². The minimum atomic E-state index is -0.0954. The highest BCUT2D eigenvalue weighted by Crippen LogP contribution is 2.28. The molecule has 128 valence electrons. The summed E-state index contributed by atoms with van der Waals surface area (Å²) in [6.07, 6.45) is 1.81. The van der Waals surface area contributed by atoms with Crippen molar-refractivity contribution in [1.29, 1.82) is 0 Å². The molecule has 6 nitrogen and oxygen atoms in total. The maximum atomic E-state index is 12.4. The van der Waals surface area contributed by atoms with Gasteiger partial charge in [0.15, 0.2) is 12.4 Å². The average Bonchev–Trinajstić information content (AvgIpc) is 3.00. The Kier molecular flexibility index (Phi) is 5.26. The molecule has 0 radical (unpaired) electrons. The Morgan fingerprint density at radius 3 is 3.00 bits per heavy atom. The molecule has 0 bridgehead atoms. The van der Waals surface area contributed by atoms with Gasteiger partial charge in [-0.15, -0.1) is 0 Å². The second kappa shape index (κ2) is 7.40. The van der Waals surface area contributed by atoms with Crippen molar-refractivity contribution in [2.45, 2.75) is 25.7 Å². The summed E-state index contributed by atoms with van der Waals surface area (Å²) in [6.45, 7) is 2.96. The number of hydrogen-bond donors (Lipinski definition) is 0. The SMILES string of the molecule is Cc1noc([C@H]2CCCN(C(=O)COc3ccc(Cl)cc3Cl)C2)n1. The van der Waals surface area contributed by atoms with Crippen LogP contribution in [0.2, 0.25) is 10.0 Å². The lowest BCUT2D eigenvalue weighted by atomic mass is 9.98. The number of aromatic nitrogens is 2. The molecule has 24 heavy (non-hydrogen) atoms. The van der Waals surface area contributed by atoms with Crippen molar-refractivity contribution in [2.24, 2.45) is 0 Å². The van der Waals surface area contributed by atoms with Crippen LogP contribution in [0.5, 0.6) is 5.75 Å². The summed E-state index contributed by atoms with van der Waals surface area (Å²) in [5.41, 5.74) is 0. The van der Waals surface area contributed by atoms with Crippen molar-refractivity contribution in [1.82, 2.24) is 15.0 Å². The van der Waals surface area contributed by atoms with E-state index in [9.17, 15) is 4.79 Å². The molecule has 2 aromatic rings. The van der Waals surface area contributed by atoms with Crippen molar-refractivity contribution in [3.8, 4) is 5.75 Å². The summed E-state index contributed by atoms with van der Waals surface area (Å²) >= 11 is 11.9. The highest BCUT2D eigenvalue weighted by atomic mass is 35.5. The number of nitrogens with zero attached hydrogens (tertiary/aromatic N) is 3. The highest BCUT2D eigenvalue weighted by molar-refractivity contribution is 6.35. The molecule has 8 heteroatoms. The van der Waals surface area contributed by atoms with Gasteiger partial charge < -0.3 is 14.2 Å². The zero-order chi connectivity index (χ0) is 17.1. The minimum Gasteiger partial charge on any atom is -0.482 e. The van der Waals surface area contributed by atoms with Crippen molar-refractivity contribution in [2.75, 3.05) is 19.7 Å². The maximum Gasteiger partial charge on any atom is 0.260 e. The number of hydrogen-bond acceptors (Lipinski definition) is 5. The number of ether oxygens (including phenoxy) is 1. The Bertz CT molecular complexity index is 735. The molecule has 1 fully saturated rings. The van der Waals surface area contributed by atoms with Crippen LogP contribution in [0.15, 0.2) is 22.7 Å². The largest absolute Gasteiger partial charge is 0.482 e. The topological polar surface area (TPSA) is 68.5 Å². The fraction of sp³-hybridized carbons (Fsp3) is 0.438. The minimum absolute atomic E-state index is 0.0722. The van der Waals surface area contributed by atoms with Crippen molar-refractivity contribution >= 4 is 29.1 Å². The predicted molar refractivity (Wildman–Crippen MR) is 89.5 cm³/mol. The van der Waals surface area contributed by atoms with E-state index >= 15 is 0 Å². The average molecular weight is 370 g/mol. The number of rotatable bonds is 4. The van der Waals surface area contributed by atoms with E-state index in [1.54, 1.807) is 30.0 Å². The Morgan fingerprint density at radius 2 is 2.29 bits per heavy atom. The Balaban J connectivity index is 1.58. The molecule has 0 N–H and O–H groups in total. The number of likely N-dealkylation sites (tertiary alicyclic amines) is 1. The maximum absolute atomic E-state index is 12.4. The molecule has 0 unspecified atom stereocenters. The quantitative estimate of drug-likeness (QED) is 0.824. The lowest BCUT2D eigenvalue weighted by Gasteiger charge is -2.31. The van der Waals surface area contributed by atoms with Crippen LogP contribution >= 0.6 is 23.2 Å². The second-order valence-electron chi connectivity index (χ2n) is 5.72. The number of carbonyl (C=O) groups excluding carboxylic acids is 1. The summed E-state index contributed by atoms with van der Waals surface area (Å²) in [7, 11) is 0. The number of piperidine rings is 1. The summed E-state index contributed by atoms with van der Waals surface area (Å²) in [4.78, 5) is 18.4. The molecule has 1 aromatic heterocycles. The third kappa shape index (κ3) is 3.99. The van der Waals surface area contributed by atoms with Gasteiger partial charge in [0.1, 0.15) is 5.75 Å². The Labute approximate surface area is 149 Å². The monoisotopic (exact) mass is 369 g/mol. The van der Waals surface area contributed by atoms with E-state index in [1.165, 1.54) is 0 Å². The number of amides is 1. The Hall–Kier alpha value is -1.79. The van der Waals surface area contributed by atoms with Crippen molar-refractivity contribution in [3.05, 3.63) is 40.0 Å². The van der Waals surface area contributed by atoms with Gasteiger partial charge in [-0.25, -0.2) is 0 Å². The van der Waals surface area contributed by atoms with Gasteiger partial charge in [-0.2, -0.15) is 4.98 Å².